The number of carbonyl (C=O) groups excluding carboxylic acids is 1. The van der Waals surface area contributed by atoms with Gasteiger partial charge in [-0.05, 0) is 25.3 Å². The minimum absolute atomic E-state index is 0.0993. The van der Waals surface area contributed by atoms with Gasteiger partial charge in [0.1, 0.15) is 5.75 Å². The normalized spacial score (nSPS) is 12.3. The smallest absolute Gasteiger partial charge is 0.260 e. The molecular weight excluding hydrogens is 242 g/mol. The number of para-hydroxylation sites is 1. The van der Waals surface area contributed by atoms with Crippen molar-refractivity contribution in [2.75, 3.05) is 6.54 Å². The van der Waals surface area contributed by atoms with Gasteiger partial charge >= 0.3 is 0 Å². The van der Waals surface area contributed by atoms with Gasteiger partial charge in [-0.2, -0.15) is 0 Å². The second kappa shape index (κ2) is 7.79. The number of ether oxygens (including phenoxy) is 1. The molecule has 0 spiro atoms. The fraction of sp³-hybridized carbons (Fsp3) is 0.533. The van der Waals surface area contributed by atoms with Gasteiger partial charge in [-0.25, -0.2) is 0 Å². The number of carbonyl (C=O) groups is 1. The summed E-state index contributed by atoms with van der Waals surface area (Å²) in [5.41, 5.74) is 0.685. The monoisotopic (exact) mass is 265 g/mol. The Morgan fingerprint density at radius 2 is 2.00 bits per heavy atom. The van der Waals surface area contributed by atoms with Gasteiger partial charge < -0.3 is 15.2 Å². The Balaban J connectivity index is 2.49. The van der Waals surface area contributed by atoms with E-state index in [4.69, 9.17) is 4.74 Å². The van der Waals surface area contributed by atoms with Gasteiger partial charge in [0, 0.05) is 12.1 Å². The van der Waals surface area contributed by atoms with Crippen LogP contribution in [0.25, 0.3) is 0 Å². The van der Waals surface area contributed by atoms with E-state index in [1.54, 1.807) is 19.1 Å². The number of nitrogens with one attached hydrogen (secondary N) is 1. The largest absolute Gasteiger partial charge is 0.481 e. The lowest BCUT2D eigenvalue weighted by molar-refractivity contribution is -0.127. The molecule has 0 radical (unpaired) electrons. The average Bonchev–Trinajstić information content (AvgIpc) is 2.38. The lowest BCUT2D eigenvalue weighted by atomic mass is 10.1. The molecule has 1 aromatic rings. The van der Waals surface area contributed by atoms with E-state index in [0.29, 0.717) is 23.8 Å². The van der Waals surface area contributed by atoms with Gasteiger partial charge in [0.2, 0.25) is 0 Å². The molecule has 4 nitrogen and oxygen atoms in total. The Morgan fingerprint density at radius 3 is 2.63 bits per heavy atom. The van der Waals surface area contributed by atoms with Crippen LogP contribution in [0.1, 0.15) is 32.8 Å². The number of aliphatic hydroxyl groups is 1. The minimum Gasteiger partial charge on any atom is -0.481 e. The van der Waals surface area contributed by atoms with Crippen molar-refractivity contribution < 1.29 is 14.6 Å². The SMILES string of the molecule is CC(C)CCNC(=O)C(C)Oc1ccccc1CO. The average molecular weight is 265 g/mol. The Labute approximate surface area is 114 Å². The van der Waals surface area contributed by atoms with Crippen LogP contribution in [0.3, 0.4) is 0 Å². The molecule has 1 unspecified atom stereocenters. The van der Waals surface area contributed by atoms with E-state index in [1.807, 2.05) is 12.1 Å². The Bertz CT molecular complexity index is 404. The molecule has 0 fully saturated rings. The first-order valence-corrected chi connectivity index (χ1v) is 6.67. The summed E-state index contributed by atoms with van der Waals surface area (Å²) >= 11 is 0. The molecule has 0 bridgehead atoms. The third-order valence-electron chi connectivity index (χ3n) is 2.84. The maximum atomic E-state index is 11.8. The molecular formula is C15H23NO3. The van der Waals surface area contributed by atoms with E-state index in [9.17, 15) is 9.90 Å². The quantitative estimate of drug-likeness (QED) is 0.794. The zero-order valence-corrected chi connectivity index (χ0v) is 11.8. The van der Waals surface area contributed by atoms with Crippen molar-refractivity contribution in [3.8, 4) is 5.75 Å². The van der Waals surface area contributed by atoms with Crippen LogP contribution in [-0.4, -0.2) is 23.7 Å². The highest BCUT2D eigenvalue weighted by Crippen LogP contribution is 2.19. The first kappa shape index (κ1) is 15.5. The molecule has 0 saturated heterocycles. The van der Waals surface area contributed by atoms with Crippen LogP contribution in [0.2, 0.25) is 0 Å². The highest BCUT2D eigenvalue weighted by atomic mass is 16.5. The van der Waals surface area contributed by atoms with E-state index in [2.05, 4.69) is 19.2 Å². The molecule has 106 valence electrons. The van der Waals surface area contributed by atoms with Crippen LogP contribution in [0.15, 0.2) is 24.3 Å². The van der Waals surface area contributed by atoms with Crippen molar-refractivity contribution in [3.63, 3.8) is 0 Å². The van der Waals surface area contributed by atoms with Gasteiger partial charge in [0.15, 0.2) is 6.10 Å². The number of hydrogen-bond acceptors (Lipinski definition) is 3. The van der Waals surface area contributed by atoms with Crippen molar-refractivity contribution in [2.24, 2.45) is 5.92 Å². The second-order valence-electron chi connectivity index (χ2n) is 5.00. The molecule has 0 saturated carbocycles. The zero-order chi connectivity index (χ0) is 14.3. The highest BCUT2D eigenvalue weighted by Gasteiger charge is 2.15. The van der Waals surface area contributed by atoms with E-state index >= 15 is 0 Å². The van der Waals surface area contributed by atoms with E-state index < -0.39 is 6.10 Å². The lowest BCUT2D eigenvalue weighted by Gasteiger charge is -2.17. The molecule has 0 heterocycles. The fourth-order valence-electron chi connectivity index (χ4n) is 1.62. The maximum Gasteiger partial charge on any atom is 0.260 e. The topological polar surface area (TPSA) is 58.6 Å². The third kappa shape index (κ3) is 5.30. The summed E-state index contributed by atoms with van der Waals surface area (Å²) < 4.78 is 5.58. The van der Waals surface area contributed by atoms with Crippen LogP contribution in [0, 0.1) is 5.92 Å². The second-order valence-corrected chi connectivity index (χ2v) is 5.00. The van der Waals surface area contributed by atoms with Crippen LogP contribution in [0.5, 0.6) is 5.75 Å². The summed E-state index contributed by atoms with van der Waals surface area (Å²) in [6.07, 6.45) is 0.381. The molecule has 1 atom stereocenters. The Kier molecular flexibility index (Phi) is 6.36. The van der Waals surface area contributed by atoms with Crippen molar-refractivity contribution >= 4 is 5.91 Å². The number of amides is 1. The van der Waals surface area contributed by atoms with Gasteiger partial charge in [0.05, 0.1) is 6.61 Å². The predicted molar refractivity (Wildman–Crippen MR) is 74.9 cm³/mol. The predicted octanol–water partition coefficient (Wildman–Crippen LogP) is 2.11. The van der Waals surface area contributed by atoms with Crippen LogP contribution >= 0.6 is 0 Å². The van der Waals surface area contributed by atoms with Gasteiger partial charge in [0.25, 0.3) is 5.91 Å². The minimum atomic E-state index is -0.570. The summed E-state index contributed by atoms with van der Waals surface area (Å²) in [4.78, 5) is 11.8. The van der Waals surface area contributed by atoms with Crippen LogP contribution in [0.4, 0.5) is 0 Å². The Hall–Kier alpha value is -1.55. The van der Waals surface area contributed by atoms with Crippen LogP contribution in [-0.2, 0) is 11.4 Å². The summed E-state index contributed by atoms with van der Waals surface area (Å²) in [6.45, 7) is 6.50. The van der Waals surface area contributed by atoms with E-state index in [-0.39, 0.29) is 12.5 Å². The third-order valence-corrected chi connectivity index (χ3v) is 2.84. The number of benzene rings is 1. The summed E-state index contributed by atoms with van der Waals surface area (Å²) in [6, 6.07) is 7.17. The summed E-state index contributed by atoms with van der Waals surface area (Å²) in [5.74, 6) is 0.983. The molecule has 4 heteroatoms. The number of rotatable bonds is 7. The van der Waals surface area contributed by atoms with Crippen molar-refractivity contribution in [1.29, 1.82) is 0 Å². The molecule has 19 heavy (non-hydrogen) atoms. The zero-order valence-electron chi connectivity index (χ0n) is 11.8. The molecule has 2 N–H and O–H groups in total. The molecule has 1 rings (SSSR count). The lowest BCUT2D eigenvalue weighted by Crippen LogP contribution is -2.37. The first-order valence-electron chi connectivity index (χ1n) is 6.67. The van der Waals surface area contributed by atoms with Gasteiger partial charge in [-0.3, -0.25) is 4.79 Å². The van der Waals surface area contributed by atoms with Gasteiger partial charge in [-0.15, -0.1) is 0 Å². The van der Waals surface area contributed by atoms with Crippen molar-refractivity contribution in [2.45, 2.75) is 39.9 Å². The molecule has 0 aliphatic rings. The summed E-state index contributed by atoms with van der Waals surface area (Å²) in [7, 11) is 0. The van der Waals surface area contributed by atoms with E-state index in [1.165, 1.54) is 0 Å². The van der Waals surface area contributed by atoms with Gasteiger partial charge in [-0.1, -0.05) is 32.0 Å². The molecule has 0 aromatic heterocycles. The summed E-state index contributed by atoms with van der Waals surface area (Å²) in [5, 5.41) is 12.0. The van der Waals surface area contributed by atoms with Crippen LogP contribution < -0.4 is 10.1 Å². The molecule has 0 aliphatic carbocycles. The van der Waals surface area contributed by atoms with Crippen molar-refractivity contribution in [3.05, 3.63) is 29.8 Å². The van der Waals surface area contributed by atoms with E-state index in [0.717, 1.165) is 6.42 Å². The van der Waals surface area contributed by atoms with Crippen molar-refractivity contribution in [1.82, 2.24) is 5.32 Å². The molecule has 1 aromatic carbocycles. The number of hydrogen-bond donors (Lipinski definition) is 2. The number of aliphatic hydroxyl groups excluding tert-OH is 1. The first-order chi connectivity index (χ1) is 9.04. The molecule has 1 amide bonds. The maximum absolute atomic E-state index is 11.8. The standard InChI is InChI=1S/C15H23NO3/c1-11(2)8-9-16-15(18)12(3)19-14-7-5-4-6-13(14)10-17/h4-7,11-12,17H,8-10H2,1-3H3,(H,16,18). The highest BCUT2D eigenvalue weighted by molar-refractivity contribution is 5.80. The Morgan fingerprint density at radius 1 is 1.32 bits per heavy atom. The fourth-order valence-corrected chi connectivity index (χ4v) is 1.62. The molecule has 0 aliphatic heterocycles.